The van der Waals surface area contributed by atoms with Crippen LogP contribution < -0.4 is 9.47 Å². The fourth-order valence-electron chi connectivity index (χ4n) is 4.60. The van der Waals surface area contributed by atoms with E-state index in [9.17, 15) is 4.79 Å². The Morgan fingerprint density at radius 2 is 1.32 bits per heavy atom. The number of hydrogen-bond acceptors (Lipinski definition) is 5. The molecule has 0 aliphatic rings. The monoisotopic (exact) mass is 566 g/mol. The molecule has 40 heavy (non-hydrogen) atoms. The van der Waals surface area contributed by atoms with Gasteiger partial charge in [-0.3, -0.25) is 0 Å². The molecular formula is C34H30O4S2. The molecule has 0 radical (unpaired) electrons. The highest BCUT2D eigenvalue weighted by molar-refractivity contribution is 7.13. The Hall–Kier alpha value is -4.13. The molecule has 202 valence electrons. The van der Waals surface area contributed by atoms with Gasteiger partial charge in [0.05, 0.1) is 0 Å². The summed E-state index contributed by atoms with van der Waals surface area (Å²) in [4.78, 5) is 13.4. The summed E-state index contributed by atoms with van der Waals surface area (Å²) in [5, 5.41) is 13.1. The maximum atomic E-state index is 10.9. The van der Waals surface area contributed by atoms with Gasteiger partial charge in [-0.2, -0.15) is 0 Å². The Morgan fingerprint density at radius 3 is 1.77 bits per heavy atom. The van der Waals surface area contributed by atoms with Crippen molar-refractivity contribution in [1.82, 2.24) is 0 Å². The van der Waals surface area contributed by atoms with Gasteiger partial charge in [0.25, 0.3) is 0 Å². The third-order valence-corrected chi connectivity index (χ3v) is 8.49. The first kappa shape index (κ1) is 27.4. The molecule has 0 fully saturated rings. The van der Waals surface area contributed by atoms with Crippen LogP contribution in [0, 0.1) is 6.92 Å². The van der Waals surface area contributed by atoms with Crippen LogP contribution in [0.3, 0.4) is 0 Å². The van der Waals surface area contributed by atoms with Crippen molar-refractivity contribution in [3.63, 3.8) is 0 Å². The van der Waals surface area contributed by atoms with E-state index in [0.29, 0.717) is 18.1 Å². The van der Waals surface area contributed by atoms with Crippen molar-refractivity contribution < 1.29 is 19.4 Å². The summed E-state index contributed by atoms with van der Waals surface area (Å²) < 4.78 is 11.6. The van der Waals surface area contributed by atoms with Gasteiger partial charge in [-0.1, -0.05) is 67.6 Å². The van der Waals surface area contributed by atoms with Gasteiger partial charge in [0.1, 0.15) is 18.1 Å². The second-order valence-corrected chi connectivity index (χ2v) is 11.2. The molecule has 4 nitrogen and oxygen atoms in total. The Kier molecular flexibility index (Phi) is 8.79. The van der Waals surface area contributed by atoms with Crippen LogP contribution in [0.4, 0.5) is 0 Å². The van der Waals surface area contributed by atoms with Gasteiger partial charge in [0.2, 0.25) is 0 Å². The molecule has 0 saturated heterocycles. The number of carboxylic acid groups (broad SMARTS) is 1. The highest BCUT2D eigenvalue weighted by atomic mass is 32.1. The molecule has 5 aromatic rings. The average molecular weight is 567 g/mol. The fraction of sp³-hybridized carbons (Fsp3) is 0.147. The molecule has 6 heteroatoms. The van der Waals surface area contributed by atoms with Crippen molar-refractivity contribution in [1.29, 1.82) is 0 Å². The number of hydrogen-bond donors (Lipinski definition) is 1. The molecule has 5 rings (SSSR count). The van der Waals surface area contributed by atoms with Gasteiger partial charge in [0, 0.05) is 9.75 Å². The van der Waals surface area contributed by atoms with Crippen molar-refractivity contribution in [2.24, 2.45) is 0 Å². The molecular weight excluding hydrogens is 537 g/mol. The van der Waals surface area contributed by atoms with Crippen molar-refractivity contribution >= 4 is 34.2 Å². The Balaban J connectivity index is 1.46. The first-order chi connectivity index (χ1) is 19.5. The quantitative estimate of drug-likeness (QED) is 0.173. The summed E-state index contributed by atoms with van der Waals surface area (Å²) >= 11 is 3.48. The van der Waals surface area contributed by atoms with Crippen molar-refractivity contribution in [3.8, 4) is 32.4 Å². The number of carboxylic acids is 1. The highest BCUT2D eigenvalue weighted by Crippen LogP contribution is 2.34. The van der Waals surface area contributed by atoms with E-state index in [2.05, 4.69) is 90.5 Å². The van der Waals surface area contributed by atoms with E-state index in [0.717, 1.165) is 23.1 Å². The molecule has 3 aromatic carbocycles. The average Bonchev–Trinajstić information content (AvgIpc) is 3.71. The first-order valence-electron chi connectivity index (χ1n) is 13.1. The summed E-state index contributed by atoms with van der Waals surface area (Å²) in [7, 11) is 0. The van der Waals surface area contributed by atoms with Crippen molar-refractivity contribution in [3.05, 3.63) is 124 Å². The molecule has 0 amide bonds. The zero-order valence-corrected chi connectivity index (χ0v) is 24.1. The lowest BCUT2D eigenvalue weighted by atomic mass is 9.91. The van der Waals surface area contributed by atoms with Gasteiger partial charge in [-0.15, -0.1) is 22.7 Å². The molecule has 0 aliphatic carbocycles. The van der Waals surface area contributed by atoms with Crippen LogP contribution in [0.2, 0.25) is 0 Å². The zero-order chi connectivity index (χ0) is 27.9. The van der Waals surface area contributed by atoms with Gasteiger partial charge < -0.3 is 14.6 Å². The maximum absolute atomic E-state index is 10.9. The predicted octanol–water partition coefficient (Wildman–Crippen LogP) is 9.21. The minimum absolute atomic E-state index is 0.371. The minimum atomic E-state index is -1.00. The molecule has 0 spiro atoms. The van der Waals surface area contributed by atoms with Crippen LogP contribution >= 0.6 is 22.7 Å². The standard InChI is InChI=1S/C34H30O4S2/c1-3-24(21-37-29-16-17-30(23(2)20-29)38-22-33(35)36)34(27-12-8-25(9-13-27)31-6-4-18-39-31)28-14-10-26(11-15-28)32-7-5-19-40-32/h4-20H,3,21-22H2,1-2H3,(H,35,36). The minimum Gasteiger partial charge on any atom is -0.489 e. The van der Waals surface area contributed by atoms with Gasteiger partial charge in [-0.25, -0.2) is 4.79 Å². The number of benzene rings is 3. The van der Waals surface area contributed by atoms with Crippen LogP contribution in [0.15, 0.2) is 107 Å². The van der Waals surface area contributed by atoms with Crippen LogP contribution in [0.1, 0.15) is 30.0 Å². The number of thiophene rings is 2. The SMILES string of the molecule is CCC(COc1ccc(OCC(=O)O)c(C)c1)=C(c1ccc(-c2cccs2)cc1)c1ccc(-c2cccs2)cc1. The normalized spacial score (nSPS) is 10.8. The number of aliphatic carboxylic acids is 1. The summed E-state index contributed by atoms with van der Waals surface area (Å²) in [6, 6.07) is 31.5. The molecule has 1 N–H and O–H groups in total. The van der Waals surface area contributed by atoms with Crippen molar-refractivity contribution in [2.75, 3.05) is 13.2 Å². The molecule has 2 heterocycles. The molecule has 0 atom stereocenters. The molecule has 0 unspecified atom stereocenters. The third kappa shape index (κ3) is 6.53. The molecule has 2 aromatic heterocycles. The smallest absolute Gasteiger partial charge is 0.341 e. The van der Waals surface area contributed by atoms with Crippen LogP contribution in [-0.4, -0.2) is 24.3 Å². The van der Waals surface area contributed by atoms with E-state index >= 15 is 0 Å². The predicted molar refractivity (Wildman–Crippen MR) is 166 cm³/mol. The Morgan fingerprint density at radius 1 is 0.750 bits per heavy atom. The lowest BCUT2D eigenvalue weighted by Gasteiger charge is -2.18. The van der Waals surface area contributed by atoms with E-state index in [1.54, 1.807) is 28.7 Å². The third-order valence-electron chi connectivity index (χ3n) is 6.65. The number of rotatable bonds is 11. The molecule has 0 bridgehead atoms. The highest BCUT2D eigenvalue weighted by Gasteiger charge is 2.14. The summed E-state index contributed by atoms with van der Waals surface area (Å²) in [5.41, 5.74) is 7.92. The van der Waals surface area contributed by atoms with Crippen LogP contribution in [-0.2, 0) is 4.79 Å². The van der Waals surface area contributed by atoms with E-state index in [-0.39, 0.29) is 6.61 Å². The molecule has 0 saturated carbocycles. The Bertz CT molecular complexity index is 1500. The maximum Gasteiger partial charge on any atom is 0.341 e. The Labute approximate surface area is 242 Å². The van der Waals surface area contributed by atoms with Gasteiger partial charge in [0.15, 0.2) is 6.61 Å². The van der Waals surface area contributed by atoms with E-state index in [4.69, 9.17) is 14.6 Å². The lowest BCUT2D eigenvalue weighted by Crippen LogP contribution is -2.10. The summed E-state index contributed by atoms with van der Waals surface area (Å²) in [6.45, 7) is 4.10. The van der Waals surface area contributed by atoms with E-state index in [1.165, 1.54) is 32.0 Å². The summed E-state index contributed by atoms with van der Waals surface area (Å²) in [5.74, 6) is 0.252. The van der Waals surface area contributed by atoms with Gasteiger partial charge >= 0.3 is 5.97 Å². The van der Waals surface area contributed by atoms with Crippen LogP contribution in [0.5, 0.6) is 11.5 Å². The summed E-state index contributed by atoms with van der Waals surface area (Å²) in [6.07, 6.45) is 0.827. The van der Waals surface area contributed by atoms with E-state index < -0.39 is 5.97 Å². The topological polar surface area (TPSA) is 55.8 Å². The second-order valence-electron chi connectivity index (χ2n) is 9.34. The van der Waals surface area contributed by atoms with Gasteiger partial charge in [-0.05, 0) is 93.4 Å². The first-order valence-corrected chi connectivity index (χ1v) is 14.9. The van der Waals surface area contributed by atoms with Crippen LogP contribution in [0.25, 0.3) is 26.5 Å². The zero-order valence-electron chi connectivity index (χ0n) is 22.4. The number of carbonyl (C=O) groups is 1. The van der Waals surface area contributed by atoms with Crippen molar-refractivity contribution in [2.45, 2.75) is 20.3 Å². The number of ether oxygens (including phenoxy) is 2. The lowest BCUT2D eigenvalue weighted by molar-refractivity contribution is -0.139. The molecule has 0 aliphatic heterocycles. The fourth-order valence-corrected chi connectivity index (χ4v) is 6.06. The largest absolute Gasteiger partial charge is 0.489 e. The van der Waals surface area contributed by atoms with E-state index in [1.807, 2.05) is 19.1 Å². The number of aryl methyl sites for hydroxylation is 1. The second kappa shape index (κ2) is 12.8.